The first-order valence-corrected chi connectivity index (χ1v) is 6.24. The number of hydrogen-bond acceptors (Lipinski definition) is 4. The van der Waals surface area contributed by atoms with E-state index in [1.165, 1.54) is 12.1 Å². The second-order valence-corrected chi connectivity index (χ2v) is 4.62. The SMILES string of the molecule is [B]c1ccc(F)c2sc(NC(=O)OCC)c(C#N)c12. The summed E-state index contributed by atoms with van der Waals surface area (Å²) in [7, 11) is 5.75. The molecule has 19 heavy (non-hydrogen) atoms. The molecule has 1 aromatic carbocycles. The van der Waals surface area contributed by atoms with E-state index in [4.69, 9.17) is 17.8 Å². The molecule has 0 aliphatic rings. The van der Waals surface area contributed by atoms with Gasteiger partial charge >= 0.3 is 6.09 Å². The molecule has 0 unspecified atom stereocenters. The molecule has 0 fully saturated rings. The van der Waals surface area contributed by atoms with Gasteiger partial charge in [0.25, 0.3) is 0 Å². The normalized spacial score (nSPS) is 10.2. The van der Waals surface area contributed by atoms with Gasteiger partial charge in [-0.15, -0.1) is 11.3 Å². The molecular weight excluding hydrogens is 266 g/mol. The summed E-state index contributed by atoms with van der Waals surface area (Å²) in [6.45, 7) is 1.86. The largest absolute Gasteiger partial charge is 0.450 e. The van der Waals surface area contributed by atoms with Gasteiger partial charge in [0.15, 0.2) is 0 Å². The van der Waals surface area contributed by atoms with Crippen molar-refractivity contribution < 1.29 is 13.9 Å². The smallest absolute Gasteiger partial charge is 0.412 e. The van der Waals surface area contributed by atoms with Gasteiger partial charge in [0, 0.05) is 5.39 Å². The molecule has 0 aliphatic carbocycles. The molecule has 0 saturated carbocycles. The lowest BCUT2D eigenvalue weighted by Gasteiger charge is -2.02. The van der Waals surface area contributed by atoms with Crippen LogP contribution in [0.5, 0.6) is 0 Å². The van der Waals surface area contributed by atoms with E-state index in [2.05, 4.69) is 5.32 Å². The summed E-state index contributed by atoms with van der Waals surface area (Å²) in [5, 5.41) is 12.1. The molecule has 0 spiro atoms. The standard InChI is InChI=1S/C12H8BFN2O2S/c1-2-18-12(17)16-11-6(5-15)9-7(13)3-4-8(14)10(9)19-11/h3-4H,2H2,1H3,(H,16,17). The zero-order chi connectivity index (χ0) is 14.0. The lowest BCUT2D eigenvalue weighted by molar-refractivity contribution is 0.168. The number of ether oxygens (including phenoxy) is 1. The third-order valence-electron chi connectivity index (χ3n) is 2.43. The Morgan fingerprint density at radius 3 is 3.00 bits per heavy atom. The molecule has 4 nitrogen and oxygen atoms in total. The zero-order valence-corrected chi connectivity index (χ0v) is 10.8. The van der Waals surface area contributed by atoms with Gasteiger partial charge in [-0.25, -0.2) is 9.18 Å². The quantitative estimate of drug-likeness (QED) is 0.854. The molecule has 0 bridgehead atoms. The van der Waals surface area contributed by atoms with Crippen molar-refractivity contribution >= 4 is 45.8 Å². The summed E-state index contributed by atoms with van der Waals surface area (Å²) < 4.78 is 18.6. The van der Waals surface area contributed by atoms with Crippen LogP contribution in [0.4, 0.5) is 14.2 Å². The number of carbonyl (C=O) groups excluding carboxylic acids is 1. The minimum atomic E-state index is -0.690. The molecular formula is C12H8BFN2O2S. The molecule has 2 aromatic rings. The monoisotopic (exact) mass is 274 g/mol. The van der Waals surface area contributed by atoms with Crippen LogP contribution >= 0.6 is 11.3 Å². The van der Waals surface area contributed by atoms with Crippen molar-refractivity contribution in [3.8, 4) is 6.07 Å². The zero-order valence-electron chi connectivity index (χ0n) is 9.99. The number of amides is 1. The molecule has 1 aromatic heterocycles. The molecule has 1 N–H and O–H groups in total. The van der Waals surface area contributed by atoms with E-state index < -0.39 is 11.9 Å². The Morgan fingerprint density at radius 1 is 1.63 bits per heavy atom. The van der Waals surface area contributed by atoms with Crippen molar-refractivity contribution in [2.75, 3.05) is 11.9 Å². The minimum Gasteiger partial charge on any atom is -0.450 e. The van der Waals surface area contributed by atoms with Crippen LogP contribution in [-0.4, -0.2) is 20.5 Å². The number of rotatable bonds is 2. The van der Waals surface area contributed by atoms with E-state index in [1.54, 1.807) is 6.92 Å². The van der Waals surface area contributed by atoms with Crippen LogP contribution in [0.25, 0.3) is 10.1 Å². The molecule has 1 heterocycles. The molecule has 1 amide bonds. The number of nitrogens with zero attached hydrogens (tertiary/aromatic N) is 1. The number of carbonyl (C=O) groups is 1. The Bertz CT molecular complexity index is 693. The maximum Gasteiger partial charge on any atom is 0.412 e. The van der Waals surface area contributed by atoms with Crippen LogP contribution in [0.15, 0.2) is 12.1 Å². The molecule has 94 valence electrons. The van der Waals surface area contributed by atoms with Gasteiger partial charge in [0.1, 0.15) is 24.7 Å². The van der Waals surface area contributed by atoms with Crippen LogP contribution < -0.4 is 10.8 Å². The number of anilines is 1. The average molecular weight is 274 g/mol. The van der Waals surface area contributed by atoms with Crippen LogP contribution in [0.1, 0.15) is 12.5 Å². The Morgan fingerprint density at radius 2 is 2.37 bits per heavy atom. The fourth-order valence-corrected chi connectivity index (χ4v) is 2.73. The number of fused-ring (bicyclic) bond motifs is 1. The number of hydrogen-bond donors (Lipinski definition) is 1. The summed E-state index contributed by atoms with van der Waals surface area (Å²) in [5.74, 6) is -0.484. The molecule has 2 radical (unpaired) electrons. The lowest BCUT2D eigenvalue weighted by atomic mass is 9.91. The topological polar surface area (TPSA) is 62.1 Å². The van der Waals surface area contributed by atoms with Crippen molar-refractivity contribution in [3.05, 3.63) is 23.5 Å². The van der Waals surface area contributed by atoms with E-state index in [-0.39, 0.29) is 21.9 Å². The second-order valence-electron chi connectivity index (χ2n) is 3.60. The highest BCUT2D eigenvalue weighted by molar-refractivity contribution is 7.23. The predicted octanol–water partition coefficient (Wildman–Crippen LogP) is 2.27. The summed E-state index contributed by atoms with van der Waals surface area (Å²) in [6, 6.07) is 4.54. The summed E-state index contributed by atoms with van der Waals surface area (Å²) >= 11 is 0.954. The number of nitrogens with one attached hydrogen (secondary N) is 1. The van der Waals surface area contributed by atoms with Gasteiger partial charge in [-0.2, -0.15) is 5.26 Å². The van der Waals surface area contributed by atoms with Gasteiger partial charge < -0.3 is 4.74 Å². The summed E-state index contributed by atoms with van der Waals surface area (Å²) in [4.78, 5) is 11.4. The minimum absolute atomic E-state index is 0.144. The van der Waals surface area contributed by atoms with Crippen molar-refractivity contribution in [1.29, 1.82) is 5.26 Å². The van der Waals surface area contributed by atoms with Gasteiger partial charge in [-0.05, 0) is 13.0 Å². The first-order chi connectivity index (χ1) is 9.08. The van der Waals surface area contributed by atoms with Crippen molar-refractivity contribution in [2.24, 2.45) is 0 Å². The first-order valence-electron chi connectivity index (χ1n) is 5.42. The maximum atomic E-state index is 13.7. The van der Waals surface area contributed by atoms with Gasteiger partial charge in [0.05, 0.1) is 16.9 Å². The van der Waals surface area contributed by atoms with E-state index in [1.807, 2.05) is 6.07 Å². The van der Waals surface area contributed by atoms with Crippen LogP contribution in [-0.2, 0) is 4.74 Å². The van der Waals surface area contributed by atoms with Gasteiger partial charge in [-0.1, -0.05) is 11.5 Å². The average Bonchev–Trinajstić information content (AvgIpc) is 2.73. The van der Waals surface area contributed by atoms with E-state index in [9.17, 15) is 9.18 Å². The summed E-state index contributed by atoms with van der Waals surface area (Å²) in [5.41, 5.74) is 0.436. The Balaban J connectivity index is 2.57. The summed E-state index contributed by atoms with van der Waals surface area (Å²) in [6.07, 6.45) is -0.690. The van der Waals surface area contributed by atoms with Crippen LogP contribution in [0.3, 0.4) is 0 Å². The van der Waals surface area contributed by atoms with Crippen molar-refractivity contribution in [1.82, 2.24) is 0 Å². The van der Waals surface area contributed by atoms with E-state index >= 15 is 0 Å². The molecule has 7 heteroatoms. The highest BCUT2D eigenvalue weighted by Crippen LogP contribution is 2.35. The highest BCUT2D eigenvalue weighted by atomic mass is 32.1. The van der Waals surface area contributed by atoms with Crippen LogP contribution in [0.2, 0.25) is 0 Å². The van der Waals surface area contributed by atoms with Gasteiger partial charge in [-0.3, -0.25) is 5.32 Å². The Labute approximate surface area is 114 Å². The molecule has 0 aliphatic heterocycles. The van der Waals surface area contributed by atoms with E-state index in [0.717, 1.165) is 11.3 Å². The second kappa shape index (κ2) is 5.28. The Kier molecular flexibility index (Phi) is 3.72. The fraction of sp³-hybridized carbons (Fsp3) is 0.167. The van der Waals surface area contributed by atoms with Crippen molar-refractivity contribution in [3.63, 3.8) is 0 Å². The fourth-order valence-electron chi connectivity index (χ4n) is 1.65. The third kappa shape index (κ3) is 2.40. The molecule has 0 saturated heterocycles. The highest BCUT2D eigenvalue weighted by Gasteiger charge is 2.18. The molecule has 2 rings (SSSR count). The number of nitriles is 1. The Hall–Kier alpha value is -2.07. The number of halogens is 1. The number of benzene rings is 1. The van der Waals surface area contributed by atoms with Crippen molar-refractivity contribution in [2.45, 2.75) is 6.92 Å². The maximum absolute atomic E-state index is 13.7. The first kappa shape index (κ1) is 13.4. The van der Waals surface area contributed by atoms with Crippen LogP contribution in [0, 0.1) is 17.1 Å². The van der Waals surface area contributed by atoms with E-state index in [0.29, 0.717) is 10.8 Å². The van der Waals surface area contributed by atoms with Gasteiger partial charge in [0.2, 0.25) is 0 Å². The lowest BCUT2D eigenvalue weighted by Crippen LogP contribution is -2.13. The predicted molar refractivity (Wildman–Crippen MR) is 72.5 cm³/mol. The number of thiophene rings is 1. The molecule has 0 atom stereocenters. The third-order valence-corrected chi connectivity index (χ3v) is 3.54.